The summed E-state index contributed by atoms with van der Waals surface area (Å²) in [6.45, 7) is 9.76. The number of rotatable bonds is 5. The molecule has 1 rings (SSSR count). The molecule has 0 bridgehead atoms. The van der Waals surface area contributed by atoms with Gasteiger partial charge in [-0.15, -0.1) is 0 Å². The van der Waals surface area contributed by atoms with Crippen molar-refractivity contribution in [3.8, 4) is 6.07 Å². The van der Waals surface area contributed by atoms with E-state index in [2.05, 4.69) is 37.1 Å². The van der Waals surface area contributed by atoms with E-state index in [0.717, 1.165) is 32.7 Å². The van der Waals surface area contributed by atoms with E-state index in [1.54, 1.807) is 0 Å². The molecule has 1 aliphatic heterocycles. The Bertz CT molecular complexity index is 237. The molecule has 1 N–H and O–H groups in total. The van der Waals surface area contributed by atoms with Crippen LogP contribution in [-0.2, 0) is 4.74 Å². The first-order valence-corrected chi connectivity index (χ1v) is 6.15. The van der Waals surface area contributed by atoms with Crippen molar-refractivity contribution in [3.63, 3.8) is 0 Å². The largest absolute Gasteiger partial charge is 0.376 e. The SMILES string of the molecule is CCC1CN(CC(C#N)NC(C)C)CCO1. The monoisotopic (exact) mass is 225 g/mol. The van der Waals surface area contributed by atoms with Gasteiger partial charge in [0.05, 0.1) is 18.8 Å². The van der Waals surface area contributed by atoms with Gasteiger partial charge >= 0.3 is 0 Å². The van der Waals surface area contributed by atoms with Gasteiger partial charge in [0.25, 0.3) is 0 Å². The molecule has 0 amide bonds. The van der Waals surface area contributed by atoms with Crippen LogP contribution in [0.3, 0.4) is 0 Å². The summed E-state index contributed by atoms with van der Waals surface area (Å²) in [5.74, 6) is 0. The Labute approximate surface area is 98.6 Å². The Hall–Kier alpha value is -0.630. The maximum atomic E-state index is 9.06. The first kappa shape index (κ1) is 13.4. The zero-order valence-corrected chi connectivity index (χ0v) is 10.6. The molecule has 1 saturated heterocycles. The van der Waals surface area contributed by atoms with E-state index < -0.39 is 0 Å². The second-order valence-corrected chi connectivity index (χ2v) is 4.66. The predicted octanol–water partition coefficient (Wildman–Crippen LogP) is 0.987. The van der Waals surface area contributed by atoms with Crippen LogP contribution in [0.5, 0.6) is 0 Å². The van der Waals surface area contributed by atoms with E-state index in [4.69, 9.17) is 10.00 Å². The highest BCUT2D eigenvalue weighted by Gasteiger charge is 2.21. The molecule has 0 aromatic rings. The Morgan fingerprint density at radius 3 is 2.88 bits per heavy atom. The lowest BCUT2D eigenvalue weighted by Gasteiger charge is -2.33. The molecule has 92 valence electrons. The minimum Gasteiger partial charge on any atom is -0.376 e. The van der Waals surface area contributed by atoms with Crippen LogP contribution in [0, 0.1) is 11.3 Å². The Kier molecular flexibility index (Phi) is 5.75. The van der Waals surface area contributed by atoms with Crippen LogP contribution in [0.15, 0.2) is 0 Å². The fourth-order valence-corrected chi connectivity index (χ4v) is 1.98. The zero-order chi connectivity index (χ0) is 12.0. The van der Waals surface area contributed by atoms with Crippen molar-refractivity contribution >= 4 is 0 Å². The molecule has 4 nitrogen and oxygen atoms in total. The van der Waals surface area contributed by atoms with Crippen molar-refractivity contribution in [1.82, 2.24) is 10.2 Å². The van der Waals surface area contributed by atoms with Crippen LogP contribution in [0.1, 0.15) is 27.2 Å². The van der Waals surface area contributed by atoms with E-state index in [-0.39, 0.29) is 6.04 Å². The van der Waals surface area contributed by atoms with Crippen LogP contribution in [0.25, 0.3) is 0 Å². The van der Waals surface area contributed by atoms with Crippen molar-refractivity contribution in [3.05, 3.63) is 0 Å². The summed E-state index contributed by atoms with van der Waals surface area (Å²) in [5.41, 5.74) is 0. The van der Waals surface area contributed by atoms with Crippen LogP contribution < -0.4 is 5.32 Å². The summed E-state index contributed by atoms with van der Waals surface area (Å²) in [6, 6.07) is 2.60. The lowest BCUT2D eigenvalue weighted by molar-refractivity contribution is -0.0308. The second kappa shape index (κ2) is 6.85. The van der Waals surface area contributed by atoms with Crippen molar-refractivity contribution < 1.29 is 4.74 Å². The second-order valence-electron chi connectivity index (χ2n) is 4.66. The zero-order valence-electron chi connectivity index (χ0n) is 10.6. The fourth-order valence-electron chi connectivity index (χ4n) is 1.98. The average Bonchev–Trinajstić information content (AvgIpc) is 2.28. The highest BCUT2D eigenvalue weighted by Crippen LogP contribution is 2.08. The van der Waals surface area contributed by atoms with E-state index in [0.29, 0.717) is 12.1 Å². The molecule has 1 aliphatic rings. The summed E-state index contributed by atoms with van der Waals surface area (Å²) < 4.78 is 5.61. The molecule has 4 heteroatoms. The smallest absolute Gasteiger partial charge is 0.108 e. The standard InChI is InChI=1S/C12H23N3O/c1-4-12-9-15(5-6-16-12)8-11(7-13)14-10(2)3/h10-12,14H,4-6,8-9H2,1-3H3. The molecule has 2 unspecified atom stereocenters. The fraction of sp³-hybridized carbons (Fsp3) is 0.917. The average molecular weight is 225 g/mol. The van der Waals surface area contributed by atoms with Crippen molar-refractivity contribution in [2.75, 3.05) is 26.2 Å². The summed E-state index contributed by atoms with van der Waals surface area (Å²) in [7, 11) is 0. The lowest BCUT2D eigenvalue weighted by atomic mass is 10.2. The number of morpholine rings is 1. The van der Waals surface area contributed by atoms with Gasteiger partial charge in [-0.3, -0.25) is 10.2 Å². The Morgan fingerprint density at radius 1 is 1.56 bits per heavy atom. The quantitative estimate of drug-likeness (QED) is 0.758. The normalized spacial score (nSPS) is 24.3. The summed E-state index contributed by atoms with van der Waals surface area (Å²) in [5, 5.41) is 12.3. The van der Waals surface area contributed by atoms with E-state index in [9.17, 15) is 0 Å². The molecule has 0 aliphatic carbocycles. The lowest BCUT2D eigenvalue weighted by Crippen LogP contribution is -2.49. The topological polar surface area (TPSA) is 48.3 Å². The van der Waals surface area contributed by atoms with E-state index in [1.165, 1.54) is 0 Å². The highest BCUT2D eigenvalue weighted by atomic mass is 16.5. The maximum Gasteiger partial charge on any atom is 0.108 e. The summed E-state index contributed by atoms with van der Waals surface area (Å²) >= 11 is 0. The molecule has 1 fully saturated rings. The van der Waals surface area contributed by atoms with E-state index in [1.807, 2.05) is 0 Å². The van der Waals surface area contributed by atoms with Crippen molar-refractivity contribution in [1.29, 1.82) is 5.26 Å². The highest BCUT2D eigenvalue weighted by molar-refractivity contribution is 4.93. The van der Waals surface area contributed by atoms with Gasteiger partial charge in [-0.2, -0.15) is 5.26 Å². The summed E-state index contributed by atoms with van der Waals surface area (Å²) in [6.07, 6.45) is 1.39. The molecule has 0 aromatic carbocycles. The van der Waals surface area contributed by atoms with Gasteiger partial charge in [0.1, 0.15) is 6.04 Å². The van der Waals surface area contributed by atoms with Crippen LogP contribution in [-0.4, -0.2) is 49.3 Å². The van der Waals surface area contributed by atoms with Gasteiger partial charge in [0.15, 0.2) is 0 Å². The van der Waals surface area contributed by atoms with Crippen molar-refractivity contribution in [2.45, 2.75) is 45.4 Å². The number of nitrogens with zero attached hydrogens (tertiary/aromatic N) is 2. The van der Waals surface area contributed by atoms with Gasteiger partial charge in [-0.05, 0) is 20.3 Å². The van der Waals surface area contributed by atoms with Crippen LogP contribution >= 0.6 is 0 Å². The minimum absolute atomic E-state index is 0.0735. The number of nitriles is 1. The molecule has 0 saturated carbocycles. The number of hydrogen-bond acceptors (Lipinski definition) is 4. The molecular formula is C12H23N3O. The molecule has 2 atom stereocenters. The maximum absolute atomic E-state index is 9.06. The van der Waals surface area contributed by atoms with Gasteiger partial charge in [0, 0.05) is 25.7 Å². The Morgan fingerprint density at radius 2 is 2.31 bits per heavy atom. The number of hydrogen-bond donors (Lipinski definition) is 1. The van der Waals surface area contributed by atoms with Gasteiger partial charge in [-0.25, -0.2) is 0 Å². The molecule has 0 radical (unpaired) electrons. The van der Waals surface area contributed by atoms with E-state index >= 15 is 0 Å². The predicted molar refractivity (Wildman–Crippen MR) is 64.1 cm³/mol. The molecule has 0 aromatic heterocycles. The Balaban J connectivity index is 2.36. The van der Waals surface area contributed by atoms with Crippen molar-refractivity contribution in [2.24, 2.45) is 0 Å². The van der Waals surface area contributed by atoms with Gasteiger partial charge < -0.3 is 4.74 Å². The third-order valence-electron chi connectivity index (χ3n) is 2.81. The van der Waals surface area contributed by atoms with Gasteiger partial charge in [0.2, 0.25) is 0 Å². The first-order valence-electron chi connectivity index (χ1n) is 6.15. The molecule has 0 spiro atoms. The molecular weight excluding hydrogens is 202 g/mol. The number of nitrogens with one attached hydrogen (secondary N) is 1. The third-order valence-corrected chi connectivity index (χ3v) is 2.81. The van der Waals surface area contributed by atoms with Crippen LogP contribution in [0.2, 0.25) is 0 Å². The number of ether oxygens (including phenoxy) is 1. The van der Waals surface area contributed by atoms with Gasteiger partial charge in [-0.1, -0.05) is 6.92 Å². The third kappa shape index (κ3) is 4.48. The van der Waals surface area contributed by atoms with Crippen LogP contribution in [0.4, 0.5) is 0 Å². The minimum atomic E-state index is -0.0735. The first-order chi connectivity index (χ1) is 7.65. The molecule has 16 heavy (non-hydrogen) atoms. The summed E-state index contributed by atoms with van der Waals surface area (Å²) in [4.78, 5) is 2.32. The molecule has 1 heterocycles.